The Bertz CT molecular complexity index is 734. The van der Waals surface area contributed by atoms with Crippen molar-refractivity contribution in [3.05, 3.63) is 35.8 Å². The van der Waals surface area contributed by atoms with Crippen molar-refractivity contribution in [2.75, 3.05) is 19.7 Å². The van der Waals surface area contributed by atoms with E-state index in [2.05, 4.69) is 15.0 Å². The van der Waals surface area contributed by atoms with Crippen molar-refractivity contribution in [2.45, 2.75) is 32.2 Å². The van der Waals surface area contributed by atoms with E-state index in [9.17, 15) is 13.2 Å². The van der Waals surface area contributed by atoms with Crippen molar-refractivity contribution < 1.29 is 22.6 Å². The summed E-state index contributed by atoms with van der Waals surface area (Å²) in [5.41, 5.74) is 1.35. The molecule has 142 valence electrons. The number of ether oxygens (including phenoxy) is 2. The van der Waals surface area contributed by atoms with Crippen LogP contribution >= 0.6 is 0 Å². The average molecular weight is 370 g/mol. The highest BCUT2D eigenvalue weighted by molar-refractivity contribution is 5.31. The topological polar surface area (TPSA) is 52.4 Å². The molecule has 0 saturated carbocycles. The number of halogens is 3. The summed E-state index contributed by atoms with van der Waals surface area (Å²) in [5.74, 6) is 0.877. The molecule has 1 fully saturated rings. The van der Waals surface area contributed by atoms with Crippen LogP contribution in [0.15, 0.2) is 24.5 Å². The number of pyridine rings is 1. The Morgan fingerprint density at radius 2 is 2.15 bits per heavy atom. The number of aromatic nitrogens is 3. The second-order valence-electron chi connectivity index (χ2n) is 6.35. The smallest absolute Gasteiger partial charge is 0.422 e. The minimum Gasteiger partial charge on any atom is -0.487 e. The quantitative estimate of drug-likeness (QED) is 0.783. The molecule has 0 aliphatic carbocycles. The van der Waals surface area contributed by atoms with E-state index in [1.807, 2.05) is 12.1 Å². The van der Waals surface area contributed by atoms with Gasteiger partial charge in [-0.1, -0.05) is 0 Å². The van der Waals surface area contributed by atoms with Gasteiger partial charge in [-0.15, -0.1) is 0 Å². The van der Waals surface area contributed by atoms with Crippen LogP contribution in [0.25, 0.3) is 0 Å². The Labute approximate surface area is 149 Å². The zero-order valence-corrected chi connectivity index (χ0v) is 14.7. The van der Waals surface area contributed by atoms with Gasteiger partial charge in [-0.2, -0.15) is 18.3 Å². The molecule has 0 N–H and O–H groups in total. The molecule has 1 aliphatic rings. The predicted octanol–water partition coefficient (Wildman–Crippen LogP) is 2.72. The summed E-state index contributed by atoms with van der Waals surface area (Å²) in [5, 5.41) is 4.20. The van der Waals surface area contributed by atoms with Gasteiger partial charge in [0.2, 0.25) is 5.88 Å². The van der Waals surface area contributed by atoms with E-state index >= 15 is 0 Å². The van der Waals surface area contributed by atoms with Crippen molar-refractivity contribution in [3.8, 4) is 11.6 Å². The monoisotopic (exact) mass is 370 g/mol. The average Bonchev–Trinajstić information content (AvgIpc) is 3.11. The molecule has 1 saturated heterocycles. The third-order valence-corrected chi connectivity index (χ3v) is 4.21. The number of hydrogen-bond acceptors (Lipinski definition) is 5. The van der Waals surface area contributed by atoms with Gasteiger partial charge in [-0.3, -0.25) is 9.88 Å². The summed E-state index contributed by atoms with van der Waals surface area (Å²) >= 11 is 0. The van der Waals surface area contributed by atoms with Crippen LogP contribution in [0.4, 0.5) is 13.2 Å². The lowest BCUT2D eigenvalue weighted by Gasteiger charge is -2.18. The normalized spacial score (nSPS) is 18.3. The van der Waals surface area contributed by atoms with Crippen LogP contribution < -0.4 is 9.47 Å². The van der Waals surface area contributed by atoms with Crippen LogP contribution in [0.3, 0.4) is 0 Å². The van der Waals surface area contributed by atoms with Crippen LogP contribution in [-0.2, 0) is 13.6 Å². The third kappa shape index (κ3) is 4.66. The molecule has 2 aromatic heterocycles. The maximum atomic E-state index is 12.5. The highest BCUT2D eigenvalue weighted by Gasteiger charge is 2.31. The number of alkyl halides is 3. The van der Waals surface area contributed by atoms with Crippen molar-refractivity contribution in [3.63, 3.8) is 0 Å². The van der Waals surface area contributed by atoms with Crippen LogP contribution in [0, 0.1) is 6.92 Å². The van der Waals surface area contributed by atoms with Crippen LogP contribution in [0.1, 0.15) is 17.7 Å². The molecule has 2 aromatic rings. The third-order valence-electron chi connectivity index (χ3n) is 4.21. The first-order chi connectivity index (χ1) is 12.3. The predicted molar refractivity (Wildman–Crippen MR) is 88.0 cm³/mol. The zero-order chi connectivity index (χ0) is 18.7. The molecule has 0 amide bonds. The van der Waals surface area contributed by atoms with E-state index in [4.69, 9.17) is 9.47 Å². The Hall–Kier alpha value is -2.29. The maximum Gasteiger partial charge on any atom is 0.422 e. The van der Waals surface area contributed by atoms with E-state index in [-0.39, 0.29) is 12.0 Å². The van der Waals surface area contributed by atoms with Crippen LogP contribution in [0.2, 0.25) is 0 Å². The van der Waals surface area contributed by atoms with Gasteiger partial charge in [-0.25, -0.2) is 4.68 Å². The number of aryl methyl sites for hydroxylation is 2. The Morgan fingerprint density at radius 1 is 1.35 bits per heavy atom. The van der Waals surface area contributed by atoms with Gasteiger partial charge in [0.1, 0.15) is 11.9 Å². The van der Waals surface area contributed by atoms with Gasteiger partial charge >= 0.3 is 6.18 Å². The largest absolute Gasteiger partial charge is 0.487 e. The molecule has 26 heavy (non-hydrogen) atoms. The second kappa shape index (κ2) is 7.53. The fourth-order valence-electron chi connectivity index (χ4n) is 3.06. The van der Waals surface area contributed by atoms with Gasteiger partial charge in [0.25, 0.3) is 0 Å². The molecule has 1 atom stereocenters. The lowest BCUT2D eigenvalue weighted by molar-refractivity contribution is -0.154. The van der Waals surface area contributed by atoms with Crippen molar-refractivity contribution in [1.29, 1.82) is 0 Å². The minimum atomic E-state index is -4.38. The van der Waals surface area contributed by atoms with Gasteiger partial charge in [0.15, 0.2) is 6.61 Å². The summed E-state index contributed by atoms with van der Waals surface area (Å²) in [7, 11) is 1.58. The Morgan fingerprint density at radius 3 is 2.85 bits per heavy atom. The zero-order valence-electron chi connectivity index (χ0n) is 14.7. The van der Waals surface area contributed by atoms with Gasteiger partial charge in [-0.05, 0) is 25.5 Å². The number of likely N-dealkylation sites (tertiary alicyclic amines) is 1. The second-order valence-corrected chi connectivity index (χ2v) is 6.35. The fraction of sp³-hybridized carbons (Fsp3) is 0.529. The maximum absolute atomic E-state index is 12.5. The highest BCUT2D eigenvalue weighted by Crippen LogP contribution is 2.27. The molecule has 3 heterocycles. The number of rotatable bonds is 6. The molecular formula is C17H21F3N4O2. The molecular weight excluding hydrogens is 349 g/mol. The molecule has 9 heteroatoms. The summed E-state index contributed by atoms with van der Waals surface area (Å²) in [6.45, 7) is 2.39. The molecule has 0 radical (unpaired) electrons. The first kappa shape index (κ1) is 18.5. The summed E-state index contributed by atoms with van der Waals surface area (Å²) < 4.78 is 49.7. The molecule has 0 aromatic carbocycles. The van der Waals surface area contributed by atoms with E-state index in [1.165, 1.54) is 4.68 Å². The van der Waals surface area contributed by atoms with Crippen molar-refractivity contribution in [1.82, 2.24) is 19.7 Å². The molecule has 0 bridgehead atoms. The first-order valence-corrected chi connectivity index (χ1v) is 8.33. The van der Waals surface area contributed by atoms with E-state index < -0.39 is 12.8 Å². The Balaban J connectivity index is 1.62. The van der Waals surface area contributed by atoms with Crippen LogP contribution in [-0.4, -0.2) is 51.6 Å². The van der Waals surface area contributed by atoms with Gasteiger partial charge in [0.05, 0.1) is 17.5 Å². The standard InChI is InChI=1S/C17H21F3N4O2/c1-12-15(16(23(2)22-12)25-11-17(18,19)20)10-24-7-5-14(9-24)26-13-4-3-6-21-8-13/h3-4,6,8,14H,5,7,9-11H2,1-2H3. The summed E-state index contributed by atoms with van der Waals surface area (Å²) in [4.78, 5) is 6.15. The fourth-order valence-corrected chi connectivity index (χ4v) is 3.06. The van der Waals surface area contributed by atoms with E-state index in [0.717, 1.165) is 13.0 Å². The van der Waals surface area contributed by atoms with Gasteiger partial charge in [0, 0.05) is 32.9 Å². The van der Waals surface area contributed by atoms with Crippen molar-refractivity contribution >= 4 is 0 Å². The van der Waals surface area contributed by atoms with Gasteiger partial charge < -0.3 is 9.47 Å². The molecule has 6 nitrogen and oxygen atoms in total. The SMILES string of the molecule is Cc1nn(C)c(OCC(F)(F)F)c1CN1CCC(Oc2cccnc2)C1. The first-order valence-electron chi connectivity index (χ1n) is 8.33. The lowest BCUT2D eigenvalue weighted by Crippen LogP contribution is -2.25. The number of hydrogen-bond donors (Lipinski definition) is 0. The summed E-state index contributed by atoms with van der Waals surface area (Å²) in [6.07, 6.45) is -0.173. The van der Waals surface area contributed by atoms with E-state index in [1.54, 1.807) is 26.4 Å². The highest BCUT2D eigenvalue weighted by atomic mass is 19.4. The molecule has 3 rings (SSSR count). The molecule has 1 unspecified atom stereocenters. The molecule has 1 aliphatic heterocycles. The summed E-state index contributed by atoms with van der Waals surface area (Å²) in [6, 6.07) is 3.66. The van der Waals surface area contributed by atoms with Crippen molar-refractivity contribution in [2.24, 2.45) is 7.05 Å². The van der Waals surface area contributed by atoms with E-state index in [0.29, 0.717) is 30.1 Å². The number of nitrogens with zero attached hydrogens (tertiary/aromatic N) is 4. The Kier molecular flexibility index (Phi) is 5.36. The lowest BCUT2D eigenvalue weighted by atomic mass is 10.2. The minimum absolute atomic E-state index is 0.0238. The van der Waals surface area contributed by atoms with Crippen LogP contribution in [0.5, 0.6) is 11.6 Å². The molecule has 0 spiro atoms.